The molecule has 1 aromatic rings. The molecule has 1 aromatic heterocycles. The molecule has 0 bridgehead atoms. The van der Waals surface area contributed by atoms with E-state index in [0.717, 1.165) is 6.20 Å². The fraction of sp³-hybridized carbons (Fsp3) is 0.429. The summed E-state index contributed by atoms with van der Waals surface area (Å²) < 4.78 is 36.9. The van der Waals surface area contributed by atoms with Gasteiger partial charge in [0, 0.05) is 19.2 Å². The van der Waals surface area contributed by atoms with Crippen LogP contribution in [0.5, 0.6) is 0 Å². The number of rotatable bonds is 2. The maximum absolute atomic E-state index is 12.3. The van der Waals surface area contributed by atoms with E-state index in [-0.39, 0.29) is 12.1 Å². The Morgan fingerprint density at radius 2 is 2.27 bits per heavy atom. The van der Waals surface area contributed by atoms with Crippen molar-refractivity contribution in [2.24, 2.45) is 0 Å². The van der Waals surface area contributed by atoms with Gasteiger partial charge in [-0.15, -0.1) is 0 Å². The molecule has 1 rings (SSSR count). The van der Waals surface area contributed by atoms with Crippen LogP contribution in [0.1, 0.15) is 11.3 Å². The van der Waals surface area contributed by atoms with E-state index in [9.17, 15) is 18.0 Å². The molecule has 0 radical (unpaired) electrons. The minimum atomic E-state index is -4.49. The standard InChI is InChI=1S/C7H9F3N4O/c1-11-6(15)12-2-4-3-13-14-5(4)7(8,9)10/h3H,2H2,1H3,(H,13,14)(H2,11,12,15). The van der Waals surface area contributed by atoms with Gasteiger partial charge in [-0.2, -0.15) is 18.3 Å². The van der Waals surface area contributed by atoms with E-state index in [4.69, 9.17) is 0 Å². The van der Waals surface area contributed by atoms with Crippen LogP contribution in [0.25, 0.3) is 0 Å². The molecule has 0 saturated heterocycles. The van der Waals surface area contributed by atoms with Gasteiger partial charge in [-0.1, -0.05) is 0 Å². The molecular formula is C7H9F3N4O. The zero-order valence-electron chi connectivity index (χ0n) is 7.77. The summed E-state index contributed by atoms with van der Waals surface area (Å²) in [7, 11) is 1.37. The number of halogens is 3. The monoisotopic (exact) mass is 222 g/mol. The lowest BCUT2D eigenvalue weighted by atomic mass is 10.2. The molecular weight excluding hydrogens is 213 g/mol. The van der Waals surface area contributed by atoms with E-state index in [1.165, 1.54) is 7.05 Å². The molecule has 84 valence electrons. The number of H-pyrrole nitrogens is 1. The van der Waals surface area contributed by atoms with Gasteiger partial charge in [-0.05, 0) is 0 Å². The van der Waals surface area contributed by atoms with Crippen molar-refractivity contribution in [1.82, 2.24) is 20.8 Å². The number of urea groups is 1. The van der Waals surface area contributed by atoms with Crippen molar-refractivity contribution in [2.45, 2.75) is 12.7 Å². The molecule has 5 nitrogen and oxygen atoms in total. The van der Waals surface area contributed by atoms with Crippen LogP contribution in [-0.4, -0.2) is 23.3 Å². The highest BCUT2D eigenvalue weighted by Crippen LogP contribution is 2.29. The van der Waals surface area contributed by atoms with Gasteiger partial charge < -0.3 is 10.6 Å². The molecule has 0 unspecified atom stereocenters. The third-order valence-corrected chi connectivity index (χ3v) is 1.67. The number of aromatic nitrogens is 2. The van der Waals surface area contributed by atoms with Gasteiger partial charge in [0.05, 0.1) is 6.20 Å². The Hall–Kier alpha value is -1.73. The van der Waals surface area contributed by atoms with Crippen molar-refractivity contribution in [3.63, 3.8) is 0 Å². The number of aromatic amines is 1. The Labute approximate surface area is 83.0 Å². The van der Waals surface area contributed by atoms with Crippen molar-refractivity contribution < 1.29 is 18.0 Å². The Balaban J connectivity index is 2.70. The molecule has 0 aliphatic carbocycles. The van der Waals surface area contributed by atoms with Gasteiger partial charge in [-0.3, -0.25) is 5.10 Å². The highest BCUT2D eigenvalue weighted by molar-refractivity contribution is 5.73. The number of alkyl halides is 3. The Bertz CT molecular complexity index is 346. The molecule has 0 fully saturated rings. The lowest BCUT2D eigenvalue weighted by Gasteiger charge is -2.07. The normalized spacial score (nSPS) is 11.2. The third-order valence-electron chi connectivity index (χ3n) is 1.67. The number of amides is 2. The van der Waals surface area contributed by atoms with Crippen LogP contribution < -0.4 is 10.6 Å². The summed E-state index contributed by atoms with van der Waals surface area (Å²) in [4.78, 5) is 10.7. The van der Waals surface area contributed by atoms with Crippen LogP contribution in [0.3, 0.4) is 0 Å². The number of hydrogen-bond acceptors (Lipinski definition) is 2. The lowest BCUT2D eigenvalue weighted by Crippen LogP contribution is -2.32. The Morgan fingerprint density at radius 3 is 2.80 bits per heavy atom. The van der Waals surface area contributed by atoms with Crippen molar-refractivity contribution in [1.29, 1.82) is 0 Å². The third kappa shape index (κ3) is 2.86. The van der Waals surface area contributed by atoms with E-state index in [2.05, 4.69) is 15.7 Å². The van der Waals surface area contributed by atoms with Gasteiger partial charge in [0.1, 0.15) is 5.69 Å². The summed E-state index contributed by atoms with van der Waals surface area (Å²) in [6.07, 6.45) is -3.46. The molecule has 8 heteroatoms. The second kappa shape index (κ2) is 4.20. The summed E-state index contributed by atoms with van der Waals surface area (Å²) in [6, 6.07) is -0.552. The summed E-state index contributed by atoms with van der Waals surface area (Å²) in [5.74, 6) is 0. The molecule has 0 aromatic carbocycles. The predicted molar refractivity (Wildman–Crippen MR) is 44.9 cm³/mol. The van der Waals surface area contributed by atoms with Crippen LogP contribution in [0.2, 0.25) is 0 Å². The second-order valence-electron chi connectivity index (χ2n) is 2.70. The van der Waals surface area contributed by atoms with E-state index >= 15 is 0 Å². The van der Waals surface area contributed by atoms with Crippen molar-refractivity contribution in [3.8, 4) is 0 Å². The quantitative estimate of drug-likeness (QED) is 0.694. The highest BCUT2D eigenvalue weighted by atomic mass is 19.4. The van der Waals surface area contributed by atoms with Crippen LogP contribution in [-0.2, 0) is 12.7 Å². The molecule has 1 heterocycles. The molecule has 0 saturated carbocycles. The zero-order chi connectivity index (χ0) is 11.5. The van der Waals surface area contributed by atoms with Gasteiger partial charge in [0.15, 0.2) is 0 Å². The smallest absolute Gasteiger partial charge is 0.341 e. The van der Waals surface area contributed by atoms with Crippen LogP contribution >= 0.6 is 0 Å². The first-order valence-corrected chi connectivity index (χ1v) is 4.00. The SMILES string of the molecule is CNC(=O)NCc1cn[nH]c1C(F)(F)F. The minimum absolute atomic E-state index is 0.105. The number of nitrogens with zero attached hydrogens (tertiary/aromatic N) is 1. The molecule has 0 aliphatic heterocycles. The van der Waals surface area contributed by atoms with Gasteiger partial charge >= 0.3 is 12.2 Å². The van der Waals surface area contributed by atoms with Crippen LogP contribution in [0.4, 0.5) is 18.0 Å². The van der Waals surface area contributed by atoms with E-state index in [0.29, 0.717) is 0 Å². The first-order valence-electron chi connectivity index (χ1n) is 4.00. The average Bonchev–Trinajstić information content (AvgIpc) is 2.61. The van der Waals surface area contributed by atoms with Gasteiger partial charge in [0.2, 0.25) is 0 Å². The maximum atomic E-state index is 12.3. The molecule has 0 aliphatic rings. The second-order valence-corrected chi connectivity index (χ2v) is 2.70. The first-order chi connectivity index (χ1) is 6.95. The average molecular weight is 222 g/mol. The Kier molecular flexibility index (Phi) is 3.17. The summed E-state index contributed by atoms with van der Waals surface area (Å²) >= 11 is 0. The van der Waals surface area contributed by atoms with Gasteiger partial charge in [0.25, 0.3) is 0 Å². The zero-order valence-corrected chi connectivity index (χ0v) is 7.77. The molecule has 0 atom stereocenters. The summed E-state index contributed by atoms with van der Waals surface area (Å²) in [6.45, 7) is -0.231. The number of nitrogens with one attached hydrogen (secondary N) is 3. The van der Waals surface area contributed by atoms with Crippen molar-refractivity contribution >= 4 is 6.03 Å². The summed E-state index contributed by atoms with van der Waals surface area (Å²) in [5.41, 5.74) is -1.05. The van der Waals surface area contributed by atoms with Crippen LogP contribution in [0, 0.1) is 0 Å². The van der Waals surface area contributed by atoms with E-state index in [1.807, 2.05) is 5.10 Å². The van der Waals surface area contributed by atoms with E-state index < -0.39 is 17.9 Å². The largest absolute Gasteiger partial charge is 0.433 e. The van der Waals surface area contributed by atoms with Crippen molar-refractivity contribution in [3.05, 3.63) is 17.5 Å². The fourth-order valence-corrected chi connectivity index (χ4v) is 0.954. The maximum Gasteiger partial charge on any atom is 0.433 e. The molecule has 0 spiro atoms. The number of carbonyl (C=O) groups is 1. The lowest BCUT2D eigenvalue weighted by molar-refractivity contribution is -0.141. The minimum Gasteiger partial charge on any atom is -0.341 e. The molecule has 15 heavy (non-hydrogen) atoms. The fourth-order valence-electron chi connectivity index (χ4n) is 0.954. The van der Waals surface area contributed by atoms with Crippen molar-refractivity contribution in [2.75, 3.05) is 7.05 Å². The van der Waals surface area contributed by atoms with Crippen LogP contribution in [0.15, 0.2) is 6.20 Å². The topological polar surface area (TPSA) is 69.8 Å². The predicted octanol–water partition coefficient (Wildman–Crippen LogP) is 0.857. The van der Waals surface area contributed by atoms with Gasteiger partial charge in [-0.25, -0.2) is 4.79 Å². The number of hydrogen-bond donors (Lipinski definition) is 3. The molecule has 2 amide bonds. The summed E-state index contributed by atoms with van der Waals surface area (Å²) in [5, 5.41) is 9.58. The Morgan fingerprint density at radius 1 is 1.60 bits per heavy atom. The highest BCUT2D eigenvalue weighted by Gasteiger charge is 2.35. The first kappa shape index (κ1) is 11.3. The molecule has 3 N–H and O–H groups in total. The number of carbonyl (C=O) groups excluding carboxylic acids is 1. The van der Waals surface area contributed by atoms with E-state index in [1.54, 1.807) is 0 Å².